The summed E-state index contributed by atoms with van der Waals surface area (Å²) in [6.45, 7) is 5.20. The van der Waals surface area contributed by atoms with Gasteiger partial charge in [-0.05, 0) is 48.2 Å². The second-order valence-corrected chi connectivity index (χ2v) is 7.67. The Morgan fingerprint density at radius 2 is 1.85 bits per heavy atom. The van der Waals surface area contributed by atoms with E-state index in [1.165, 1.54) is 6.08 Å². The van der Waals surface area contributed by atoms with E-state index >= 15 is 0 Å². The molecule has 1 saturated heterocycles. The highest BCUT2D eigenvalue weighted by atomic mass is 35.5. The van der Waals surface area contributed by atoms with Crippen molar-refractivity contribution in [1.82, 2.24) is 10.2 Å². The van der Waals surface area contributed by atoms with Crippen molar-refractivity contribution in [2.45, 2.75) is 25.3 Å². The zero-order chi connectivity index (χ0) is 23.3. The molecule has 1 heterocycles. The van der Waals surface area contributed by atoms with Crippen molar-refractivity contribution in [1.29, 1.82) is 5.41 Å². The van der Waals surface area contributed by atoms with E-state index in [-0.39, 0.29) is 36.1 Å². The van der Waals surface area contributed by atoms with Crippen molar-refractivity contribution in [3.63, 3.8) is 0 Å². The second-order valence-electron chi connectivity index (χ2n) is 7.67. The first-order valence-corrected chi connectivity index (χ1v) is 10.3. The number of nitrogens with one attached hydrogen (secondary N) is 2. The molecule has 0 saturated carbocycles. The molecule has 0 aliphatic carbocycles. The number of carboxylic acids is 1. The predicted molar refractivity (Wildman–Crippen MR) is 129 cm³/mol. The van der Waals surface area contributed by atoms with Gasteiger partial charge in [0.25, 0.3) is 11.8 Å². The van der Waals surface area contributed by atoms with Crippen LogP contribution in [0.3, 0.4) is 0 Å². The zero-order valence-corrected chi connectivity index (χ0v) is 18.9. The molecule has 0 aromatic heterocycles. The number of carboxylic acid groups (broad SMARTS) is 1. The molecule has 2 aromatic carbocycles. The number of hydrogen-bond acceptors (Lipinski definition) is 4. The molecule has 1 atom stereocenters. The molecule has 2 aromatic rings. The number of aliphatic carboxylic acids is 1. The number of nitrogens with zero attached hydrogens (tertiary/aromatic N) is 1. The minimum Gasteiger partial charge on any atom is -0.481 e. The lowest BCUT2D eigenvalue weighted by atomic mass is 9.99. The first-order valence-electron chi connectivity index (χ1n) is 10.3. The Morgan fingerprint density at radius 1 is 1.15 bits per heavy atom. The lowest BCUT2D eigenvalue weighted by Gasteiger charge is -2.20. The van der Waals surface area contributed by atoms with E-state index in [2.05, 4.69) is 11.9 Å². The van der Waals surface area contributed by atoms with Crippen molar-refractivity contribution < 1.29 is 19.5 Å². The van der Waals surface area contributed by atoms with Gasteiger partial charge in [0.1, 0.15) is 5.84 Å². The van der Waals surface area contributed by atoms with Crippen molar-refractivity contribution in [3.05, 3.63) is 76.9 Å². The molecule has 174 valence electrons. The van der Waals surface area contributed by atoms with Crippen LogP contribution in [0.25, 0.3) is 6.08 Å². The van der Waals surface area contributed by atoms with Gasteiger partial charge in [0.15, 0.2) is 0 Å². The summed E-state index contributed by atoms with van der Waals surface area (Å²) in [6, 6.07) is 10.5. The van der Waals surface area contributed by atoms with E-state index < -0.39 is 17.9 Å². The summed E-state index contributed by atoms with van der Waals surface area (Å²) in [6.07, 6.45) is 3.15. The van der Waals surface area contributed by atoms with Crippen LogP contribution in [0, 0.1) is 5.41 Å². The Labute approximate surface area is 198 Å². The summed E-state index contributed by atoms with van der Waals surface area (Å²) in [5, 5.41) is 19.6. The molecule has 1 unspecified atom stereocenters. The highest BCUT2D eigenvalue weighted by Crippen LogP contribution is 2.22. The van der Waals surface area contributed by atoms with Crippen molar-refractivity contribution >= 4 is 42.1 Å². The number of amides is 2. The van der Waals surface area contributed by atoms with Crippen LogP contribution in [0.5, 0.6) is 0 Å². The Kier molecular flexibility index (Phi) is 8.76. The van der Waals surface area contributed by atoms with Crippen LogP contribution in [0.2, 0.25) is 0 Å². The first-order chi connectivity index (χ1) is 15.3. The Morgan fingerprint density at radius 3 is 2.45 bits per heavy atom. The molecule has 9 heteroatoms. The van der Waals surface area contributed by atoms with Gasteiger partial charge in [0.2, 0.25) is 0 Å². The summed E-state index contributed by atoms with van der Waals surface area (Å²) < 4.78 is 0. The van der Waals surface area contributed by atoms with Crippen molar-refractivity contribution in [2.24, 2.45) is 5.73 Å². The average molecular weight is 471 g/mol. The summed E-state index contributed by atoms with van der Waals surface area (Å²) in [4.78, 5) is 38.9. The molecule has 0 radical (unpaired) electrons. The van der Waals surface area contributed by atoms with Gasteiger partial charge in [-0.25, -0.2) is 0 Å². The van der Waals surface area contributed by atoms with Gasteiger partial charge < -0.3 is 21.1 Å². The fourth-order valence-corrected chi connectivity index (χ4v) is 3.75. The number of nitrogens with two attached hydrogens (primary N) is 1. The molecule has 1 aliphatic rings. The minimum absolute atomic E-state index is 0. The highest BCUT2D eigenvalue weighted by Gasteiger charge is 2.23. The highest BCUT2D eigenvalue weighted by molar-refractivity contribution is 6.01. The van der Waals surface area contributed by atoms with Crippen molar-refractivity contribution in [2.75, 3.05) is 13.1 Å². The van der Waals surface area contributed by atoms with Crippen LogP contribution in [0.15, 0.2) is 49.0 Å². The molecule has 2 amide bonds. The minimum atomic E-state index is -1.08. The van der Waals surface area contributed by atoms with E-state index in [0.717, 1.165) is 12.8 Å². The second kappa shape index (κ2) is 11.3. The van der Waals surface area contributed by atoms with Crippen LogP contribution >= 0.6 is 12.4 Å². The fourth-order valence-electron chi connectivity index (χ4n) is 3.75. The molecule has 8 nitrogen and oxygen atoms in total. The maximum atomic E-state index is 12.9. The summed E-state index contributed by atoms with van der Waals surface area (Å²) in [5.74, 6) is -1.80. The van der Waals surface area contributed by atoms with E-state index in [9.17, 15) is 19.5 Å². The normalized spacial score (nSPS) is 13.5. The monoisotopic (exact) mass is 470 g/mol. The third-order valence-corrected chi connectivity index (χ3v) is 5.44. The van der Waals surface area contributed by atoms with E-state index in [1.54, 1.807) is 47.4 Å². The number of carbonyl (C=O) groups is 3. The molecule has 0 bridgehead atoms. The lowest BCUT2D eigenvalue weighted by Crippen LogP contribution is -2.31. The molecule has 3 rings (SSSR count). The number of carbonyl (C=O) groups excluding carboxylic acids is 2. The summed E-state index contributed by atoms with van der Waals surface area (Å²) >= 11 is 0. The number of rotatable bonds is 8. The summed E-state index contributed by atoms with van der Waals surface area (Å²) in [7, 11) is 0. The number of nitrogen functional groups attached to an aromatic ring is 1. The molecule has 1 aliphatic heterocycles. The van der Waals surface area contributed by atoms with Crippen LogP contribution in [0.4, 0.5) is 0 Å². The largest absolute Gasteiger partial charge is 0.481 e. The van der Waals surface area contributed by atoms with Gasteiger partial charge in [0.05, 0.1) is 12.5 Å². The molecule has 1 fully saturated rings. The fraction of sp³-hybridized carbons (Fsp3) is 0.250. The third kappa shape index (κ3) is 6.20. The quantitative estimate of drug-likeness (QED) is 0.347. The maximum Gasteiger partial charge on any atom is 0.305 e. The predicted octanol–water partition coefficient (Wildman–Crippen LogP) is 3.22. The smallest absolute Gasteiger partial charge is 0.305 e. The molecular weight excluding hydrogens is 444 g/mol. The number of likely N-dealkylation sites (tertiary alicyclic amines) is 1. The molecular formula is C24H27ClN4O4. The molecule has 0 spiro atoms. The van der Waals surface area contributed by atoms with Crippen LogP contribution in [-0.2, 0) is 4.79 Å². The third-order valence-electron chi connectivity index (χ3n) is 5.44. The van der Waals surface area contributed by atoms with Crippen molar-refractivity contribution in [3.8, 4) is 0 Å². The topological polar surface area (TPSA) is 137 Å². The van der Waals surface area contributed by atoms with Crippen LogP contribution in [-0.4, -0.2) is 46.7 Å². The maximum absolute atomic E-state index is 12.9. The number of hydrogen-bond donors (Lipinski definition) is 4. The van der Waals surface area contributed by atoms with Gasteiger partial charge in [-0.15, -0.1) is 12.4 Å². The molecule has 5 N–H and O–H groups in total. The number of benzene rings is 2. The standard InChI is InChI=1S/C24H26N4O4.ClH/c1-2-15-12-18(8-9-19(15)24(32)28-10-3-4-11-28)23(31)27-20(14-21(29)30)16-6-5-7-17(13-16)22(25)26;/h2,5-9,12-13,20H,1,3-4,10-11,14H2,(H3,25,26)(H,27,31)(H,29,30);1H. The van der Waals surface area contributed by atoms with Crippen LogP contribution in [0.1, 0.15) is 62.7 Å². The summed E-state index contributed by atoms with van der Waals surface area (Å²) in [5.41, 5.74) is 7.81. The Bertz CT molecular complexity index is 1080. The van der Waals surface area contributed by atoms with E-state index in [1.807, 2.05) is 0 Å². The van der Waals surface area contributed by atoms with Crippen LogP contribution < -0.4 is 11.1 Å². The van der Waals surface area contributed by atoms with E-state index in [0.29, 0.717) is 35.3 Å². The zero-order valence-electron chi connectivity index (χ0n) is 18.0. The average Bonchev–Trinajstić information content (AvgIpc) is 3.32. The Hall–Kier alpha value is -3.65. The van der Waals surface area contributed by atoms with Gasteiger partial charge in [-0.2, -0.15) is 0 Å². The van der Waals surface area contributed by atoms with Gasteiger partial charge in [-0.1, -0.05) is 30.9 Å². The first kappa shape index (κ1) is 25.6. The SMILES string of the molecule is C=Cc1cc(C(=O)NC(CC(=O)O)c2cccc(C(=N)N)c2)ccc1C(=O)N1CCCC1.Cl. The number of amidine groups is 1. The number of halogens is 1. The van der Waals surface area contributed by atoms with Gasteiger partial charge in [-0.3, -0.25) is 19.8 Å². The van der Waals surface area contributed by atoms with Gasteiger partial charge >= 0.3 is 5.97 Å². The Balaban J connectivity index is 0.00000385. The molecule has 33 heavy (non-hydrogen) atoms. The van der Waals surface area contributed by atoms with E-state index in [4.69, 9.17) is 11.1 Å². The van der Waals surface area contributed by atoms with Gasteiger partial charge in [0, 0.05) is 29.8 Å². The lowest BCUT2D eigenvalue weighted by molar-refractivity contribution is -0.137.